The maximum atomic E-state index is 13.5. The quantitative estimate of drug-likeness (QED) is 0.573. The summed E-state index contributed by atoms with van der Waals surface area (Å²) in [4.78, 5) is 0. The monoisotopic (exact) mass is 286 g/mol. The molecule has 0 aliphatic carbocycles. The van der Waals surface area contributed by atoms with E-state index in [9.17, 15) is 4.39 Å². The molecule has 0 aliphatic heterocycles. The highest BCUT2D eigenvalue weighted by molar-refractivity contribution is 5.83. The fourth-order valence-corrected chi connectivity index (χ4v) is 2.22. The van der Waals surface area contributed by atoms with Crippen LogP contribution in [0.4, 0.5) is 4.39 Å². The first-order valence-electron chi connectivity index (χ1n) is 7.00. The van der Waals surface area contributed by atoms with Crippen molar-refractivity contribution < 1.29 is 4.39 Å². The molecule has 1 aromatic rings. The summed E-state index contributed by atoms with van der Waals surface area (Å²) in [6.45, 7) is 10.1. The molecule has 0 unspecified atom stereocenters. The number of hydrogen-bond donors (Lipinski definition) is 2. The van der Waals surface area contributed by atoms with Crippen molar-refractivity contribution in [3.63, 3.8) is 0 Å². The third kappa shape index (κ3) is 4.15. The molecular formula is C18H23FN2. The van der Waals surface area contributed by atoms with Crippen molar-refractivity contribution >= 4 is 11.8 Å². The molecular weight excluding hydrogens is 263 g/mol. The molecule has 0 amide bonds. The van der Waals surface area contributed by atoms with Crippen LogP contribution in [0, 0.1) is 11.2 Å². The van der Waals surface area contributed by atoms with Crippen molar-refractivity contribution in [3.8, 4) is 0 Å². The zero-order chi connectivity index (χ0) is 16.0. The Bertz CT molecular complexity index is 595. The van der Waals surface area contributed by atoms with E-state index >= 15 is 0 Å². The molecule has 112 valence electrons. The second-order valence-corrected chi connectivity index (χ2v) is 5.24. The molecule has 0 atom stereocenters. The Morgan fingerprint density at radius 1 is 1.43 bits per heavy atom. The van der Waals surface area contributed by atoms with E-state index in [-0.39, 0.29) is 11.7 Å². The van der Waals surface area contributed by atoms with Crippen molar-refractivity contribution in [3.05, 3.63) is 65.1 Å². The molecule has 1 rings (SSSR count). The van der Waals surface area contributed by atoms with Gasteiger partial charge in [-0.25, -0.2) is 4.39 Å². The van der Waals surface area contributed by atoms with Gasteiger partial charge in [0, 0.05) is 12.6 Å². The first-order chi connectivity index (χ1) is 9.94. The summed E-state index contributed by atoms with van der Waals surface area (Å²) in [6.07, 6.45) is 5.18. The number of rotatable bonds is 6. The third-order valence-electron chi connectivity index (χ3n) is 3.49. The maximum absolute atomic E-state index is 13.5. The number of nitrogens with two attached hydrogens (primary N) is 1. The maximum Gasteiger partial charge on any atom is 0.123 e. The molecule has 21 heavy (non-hydrogen) atoms. The SMILES string of the molecule is C=C(/C(=C\C)C/C(C=N)=C/N)c1ccc(F)cc1C(C)C. The molecule has 3 heteroatoms. The highest BCUT2D eigenvalue weighted by Crippen LogP contribution is 2.32. The van der Waals surface area contributed by atoms with Crippen LogP contribution in [-0.4, -0.2) is 6.21 Å². The molecule has 0 spiro atoms. The Morgan fingerprint density at radius 2 is 2.10 bits per heavy atom. The largest absolute Gasteiger partial charge is 0.404 e. The van der Waals surface area contributed by atoms with E-state index in [2.05, 4.69) is 6.58 Å². The van der Waals surface area contributed by atoms with Gasteiger partial charge in [0.2, 0.25) is 0 Å². The Kier molecular flexibility index (Phi) is 6.10. The molecule has 0 aliphatic rings. The summed E-state index contributed by atoms with van der Waals surface area (Å²) in [5.41, 5.74) is 9.94. The van der Waals surface area contributed by atoms with Crippen LogP contribution in [0.3, 0.4) is 0 Å². The summed E-state index contributed by atoms with van der Waals surface area (Å²) in [5.74, 6) is -0.0304. The van der Waals surface area contributed by atoms with Crippen molar-refractivity contribution in [2.75, 3.05) is 0 Å². The molecule has 1 aromatic carbocycles. The van der Waals surface area contributed by atoms with Gasteiger partial charge in [-0.2, -0.15) is 0 Å². The Hall–Kier alpha value is -2.16. The highest BCUT2D eigenvalue weighted by Gasteiger charge is 2.14. The smallest absolute Gasteiger partial charge is 0.123 e. The lowest BCUT2D eigenvalue weighted by molar-refractivity contribution is 0.623. The van der Waals surface area contributed by atoms with E-state index in [1.165, 1.54) is 18.5 Å². The lowest BCUT2D eigenvalue weighted by Gasteiger charge is -2.17. The van der Waals surface area contributed by atoms with Crippen LogP contribution in [-0.2, 0) is 0 Å². The summed E-state index contributed by atoms with van der Waals surface area (Å²) in [7, 11) is 0. The summed E-state index contributed by atoms with van der Waals surface area (Å²) < 4.78 is 13.5. The zero-order valence-corrected chi connectivity index (χ0v) is 12.9. The first kappa shape index (κ1) is 16.9. The van der Waals surface area contributed by atoms with Gasteiger partial charge >= 0.3 is 0 Å². The lowest BCUT2D eigenvalue weighted by atomic mass is 9.87. The van der Waals surface area contributed by atoms with Crippen molar-refractivity contribution in [1.82, 2.24) is 0 Å². The summed E-state index contributed by atoms with van der Waals surface area (Å²) in [5, 5.41) is 7.33. The second kappa shape index (κ2) is 7.58. The fourth-order valence-electron chi connectivity index (χ4n) is 2.22. The Labute approximate surface area is 126 Å². The van der Waals surface area contributed by atoms with Gasteiger partial charge in [0.15, 0.2) is 0 Å². The number of hydrogen-bond acceptors (Lipinski definition) is 2. The van der Waals surface area contributed by atoms with E-state index in [4.69, 9.17) is 11.1 Å². The number of benzene rings is 1. The van der Waals surface area contributed by atoms with Gasteiger partial charge in [0.05, 0.1) is 0 Å². The van der Waals surface area contributed by atoms with E-state index in [0.717, 1.165) is 27.8 Å². The van der Waals surface area contributed by atoms with Gasteiger partial charge < -0.3 is 11.1 Å². The van der Waals surface area contributed by atoms with Gasteiger partial charge in [-0.1, -0.05) is 32.6 Å². The fraction of sp³-hybridized carbons (Fsp3) is 0.278. The predicted molar refractivity (Wildman–Crippen MR) is 89.0 cm³/mol. The van der Waals surface area contributed by atoms with Crippen LogP contribution in [0.2, 0.25) is 0 Å². The third-order valence-corrected chi connectivity index (χ3v) is 3.49. The summed E-state index contributed by atoms with van der Waals surface area (Å²) in [6, 6.07) is 4.79. The van der Waals surface area contributed by atoms with Crippen LogP contribution in [0.5, 0.6) is 0 Å². The van der Waals surface area contributed by atoms with E-state index in [0.29, 0.717) is 6.42 Å². The Balaban J connectivity index is 3.21. The van der Waals surface area contributed by atoms with Crippen molar-refractivity contribution in [2.24, 2.45) is 5.73 Å². The minimum atomic E-state index is -0.237. The summed E-state index contributed by atoms with van der Waals surface area (Å²) >= 11 is 0. The Morgan fingerprint density at radius 3 is 2.57 bits per heavy atom. The number of nitrogens with one attached hydrogen (secondary N) is 1. The second-order valence-electron chi connectivity index (χ2n) is 5.24. The normalized spacial score (nSPS) is 12.6. The average Bonchev–Trinajstić information content (AvgIpc) is 2.48. The molecule has 0 radical (unpaired) electrons. The minimum Gasteiger partial charge on any atom is -0.404 e. The van der Waals surface area contributed by atoms with Crippen LogP contribution < -0.4 is 5.73 Å². The molecule has 2 nitrogen and oxygen atoms in total. The molecule has 3 N–H and O–H groups in total. The molecule has 0 fully saturated rings. The van der Waals surface area contributed by atoms with Crippen LogP contribution in [0.25, 0.3) is 5.57 Å². The topological polar surface area (TPSA) is 49.9 Å². The molecule has 0 saturated carbocycles. The van der Waals surface area contributed by atoms with Crippen LogP contribution in [0.1, 0.15) is 44.2 Å². The van der Waals surface area contributed by atoms with Crippen molar-refractivity contribution in [2.45, 2.75) is 33.1 Å². The first-order valence-corrected chi connectivity index (χ1v) is 7.00. The van der Waals surface area contributed by atoms with Gasteiger partial charge in [0.1, 0.15) is 5.82 Å². The van der Waals surface area contributed by atoms with Gasteiger partial charge in [-0.15, -0.1) is 0 Å². The molecule has 0 aromatic heterocycles. The van der Waals surface area contributed by atoms with Crippen molar-refractivity contribution in [1.29, 1.82) is 5.41 Å². The molecule has 0 saturated heterocycles. The number of allylic oxidation sites excluding steroid dienone is 4. The molecule has 0 heterocycles. The lowest BCUT2D eigenvalue weighted by Crippen LogP contribution is -2.00. The minimum absolute atomic E-state index is 0.206. The van der Waals surface area contributed by atoms with E-state index < -0.39 is 0 Å². The van der Waals surface area contributed by atoms with E-state index in [1.54, 1.807) is 12.1 Å². The highest BCUT2D eigenvalue weighted by atomic mass is 19.1. The molecule has 0 bridgehead atoms. The van der Waals surface area contributed by atoms with Gasteiger partial charge in [-0.05, 0) is 59.0 Å². The van der Waals surface area contributed by atoms with Crippen LogP contribution in [0.15, 0.2) is 48.2 Å². The standard InChI is InChI=1S/C18H23FN2/c1-5-15(8-14(10-20)11-21)13(4)17-7-6-16(19)9-18(17)12(2)3/h5-7,9-12,20H,4,8,21H2,1-3H3/b14-11-,15-5-,20-10?. The predicted octanol–water partition coefficient (Wildman–Crippen LogP) is 4.79. The number of halogens is 1. The van der Waals surface area contributed by atoms with E-state index in [1.807, 2.05) is 26.8 Å². The van der Waals surface area contributed by atoms with Gasteiger partial charge in [-0.3, -0.25) is 0 Å². The van der Waals surface area contributed by atoms with Crippen LogP contribution >= 0.6 is 0 Å². The van der Waals surface area contributed by atoms with Gasteiger partial charge in [0.25, 0.3) is 0 Å². The average molecular weight is 286 g/mol. The zero-order valence-electron chi connectivity index (χ0n) is 12.9.